The van der Waals surface area contributed by atoms with Crippen molar-refractivity contribution in [3.8, 4) is 5.75 Å². The molecule has 19 heavy (non-hydrogen) atoms. The fourth-order valence-corrected chi connectivity index (χ4v) is 1.61. The molecule has 0 saturated heterocycles. The first kappa shape index (κ1) is 15.9. The Hall–Kier alpha value is -1.13. The molecule has 0 aliphatic rings. The number of ether oxygens (including phenoxy) is 2. The summed E-state index contributed by atoms with van der Waals surface area (Å²) in [7, 11) is 1.61. The van der Waals surface area contributed by atoms with E-state index in [1.807, 2.05) is 32.9 Å². The van der Waals surface area contributed by atoms with E-state index in [0.717, 1.165) is 0 Å². The highest BCUT2D eigenvalue weighted by molar-refractivity contribution is 5.35. The van der Waals surface area contributed by atoms with Crippen LogP contribution in [0, 0.1) is 0 Å². The van der Waals surface area contributed by atoms with E-state index in [2.05, 4.69) is 5.32 Å². The fourth-order valence-electron chi connectivity index (χ4n) is 1.61. The number of hydrogen-bond acceptors (Lipinski definition) is 3. The fraction of sp³-hybridized carbons (Fsp3) is 0.600. The van der Waals surface area contributed by atoms with Crippen molar-refractivity contribution in [2.75, 3.05) is 26.9 Å². The molecule has 1 aromatic rings. The van der Waals surface area contributed by atoms with Gasteiger partial charge in [-0.1, -0.05) is 18.2 Å². The summed E-state index contributed by atoms with van der Waals surface area (Å²) >= 11 is 0. The molecular weight excluding hydrogens is 245 g/mol. The summed E-state index contributed by atoms with van der Waals surface area (Å²) < 4.78 is 24.7. The minimum atomic E-state index is -1.09. The molecule has 3 nitrogen and oxygen atoms in total. The van der Waals surface area contributed by atoms with Crippen molar-refractivity contribution in [3.63, 3.8) is 0 Å². The van der Waals surface area contributed by atoms with Gasteiger partial charge < -0.3 is 14.8 Å². The first-order chi connectivity index (χ1) is 8.94. The molecule has 0 aromatic heterocycles. The van der Waals surface area contributed by atoms with Crippen LogP contribution < -0.4 is 10.1 Å². The highest BCUT2D eigenvalue weighted by Gasteiger charge is 2.18. The third kappa shape index (κ3) is 6.03. The molecule has 0 aliphatic carbocycles. The molecule has 0 amide bonds. The molecule has 0 aliphatic heterocycles. The second-order valence-corrected chi connectivity index (χ2v) is 5.48. The van der Waals surface area contributed by atoms with Crippen LogP contribution >= 0.6 is 0 Å². The minimum absolute atomic E-state index is 0.101. The summed E-state index contributed by atoms with van der Waals surface area (Å²) in [6, 6.07) is 7.21. The van der Waals surface area contributed by atoms with Crippen LogP contribution in [0.4, 0.5) is 4.39 Å². The zero-order chi connectivity index (χ0) is 14.3. The Bertz CT molecular complexity index is 377. The summed E-state index contributed by atoms with van der Waals surface area (Å²) in [5, 5.41) is 3.16. The monoisotopic (exact) mass is 269 g/mol. The average molecular weight is 269 g/mol. The van der Waals surface area contributed by atoms with Gasteiger partial charge in [0.15, 0.2) is 0 Å². The van der Waals surface area contributed by atoms with E-state index >= 15 is 0 Å². The topological polar surface area (TPSA) is 30.5 Å². The van der Waals surface area contributed by atoms with Crippen LogP contribution in [-0.4, -0.2) is 32.4 Å². The Morgan fingerprint density at radius 3 is 2.53 bits per heavy atom. The van der Waals surface area contributed by atoms with Crippen LogP contribution in [0.3, 0.4) is 0 Å². The first-order valence-corrected chi connectivity index (χ1v) is 6.54. The second-order valence-electron chi connectivity index (χ2n) is 5.48. The van der Waals surface area contributed by atoms with E-state index in [-0.39, 0.29) is 12.1 Å². The first-order valence-electron chi connectivity index (χ1n) is 6.54. The summed E-state index contributed by atoms with van der Waals surface area (Å²) in [5.74, 6) is 0.586. The van der Waals surface area contributed by atoms with E-state index in [0.29, 0.717) is 24.5 Å². The third-order valence-electron chi connectivity index (χ3n) is 2.61. The molecule has 0 bridgehead atoms. The van der Waals surface area contributed by atoms with Gasteiger partial charge in [-0.15, -0.1) is 0 Å². The zero-order valence-electron chi connectivity index (χ0n) is 12.2. The van der Waals surface area contributed by atoms with Crippen LogP contribution in [0.2, 0.25) is 0 Å². The van der Waals surface area contributed by atoms with Crippen molar-refractivity contribution in [1.82, 2.24) is 5.32 Å². The van der Waals surface area contributed by atoms with Gasteiger partial charge >= 0.3 is 0 Å². The SMILES string of the molecule is COCCOc1ccccc1C(F)CNC(C)(C)C. The van der Waals surface area contributed by atoms with E-state index in [9.17, 15) is 4.39 Å². The van der Waals surface area contributed by atoms with Crippen molar-refractivity contribution in [3.05, 3.63) is 29.8 Å². The van der Waals surface area contributed by atoms with E-state index in [4.69, 9.17) is 9.47 Å². The molecule has 1 atom stereocenters. The van der Waals surface area contributed by atoms with Crippen molar-refractivity contribution >= 4 is 0 Å². The number of para-hydroxylation sites is 1. The molecule has 1 N–H and O–H groups in total. The lowest BCUT2D eigenvalue weighted by atomic mass is 10.1. The molecule has 0 fully saturated rings. The van der Waals surface area contributed by atoms with Crippen LogP contribution in [0.25, 0.3) is 0 Å². The number of methoxy groups -OCH3 is 1. The maximum atomic E-state index is 14.3. The maximum Gasteiger partial charge on any atom is 0.141 e. The summed E-state index contributed by atoms with van der Waals surface area (Å²) in [4.78, 5) is 0. The minimum Gasteiger partial charge on any atom is -0.491 e. The van der Waals surface area contributed by atoms with Gasteiger partial charge in [0.2, 0.25) is 0 Å². The van der Waals surface area contributed by atoms with Crippen LogP contribution in [0.5, 0.6) is 5.75 Å². The van der Waals surface area contributed by atoms with Crippen LogP contribution in [-0.2, 0) is 4.74 Å². The molecule has 1 unspecified atom stereocenters. The lowest BCUT2D eigenvalue weighted by molar-refractivity contribution is 0.144. The molecule has 0 heterocycles. The number of benzene rings is 1. The predicted octanol–water partition coefficient (Wildman–Crippen LogP) is 3.11. The lowest BCUT2D eigenvalue weighted by Gasteiger charge is -2.23. The summed E-state index contributed by atoms with van der Waals surface area (Å²) in [5.41, 5.74) is 0.478. The molecule has 0 radical (unpaired) electrons. The molecule has 1 rings (SSSR count). The van der Waals surface area contributed by atoms with Gasteiger partial charge in [-0.2, -0.15) is 0 Å². The van der Waals surface area contributed by atoms with E-state index in [1.165, 1.54) is 0 Å². The Morgan fingerprint density at radius 2 is 1.89 bits per heavy atom. The molecule has 0 spiro atoms. The van der Waals surface area contributed by atoms with Gasteiger partial charge in [0.1, 0.15) is 18.5 Å². The standard InChI is InChI=1S/C15H24FNO2/c1-15(2,3)17-11-13(16)12-7-5-6-8-14(12)19-10-9-18-4/h5-8,13,17H,9-11H2,1-4H3. The normalized spacial score (nSPS) is 13.3. The third-order valence-corrected chi connectivity index (χ3v) is 2.61. The van der Waals surface area contributed by atoms with Crippen molar-refractivity contribution < 1.29 is 13.9 Å². The summed E-state index contributed by atoms with van der Waals surface area (Å²) in [6.07, 6.45) is -1.09. The average Bonchev–Trinajstić information content (AvgIpc) is 2.36. The molecule has 1 aromatic carbocycles. The Kier molecular flexibility index (Phi) is 6.25. The molecule has 0 saturated carbocycles. The highest BCUT2D eigenvalue weighted by atomic mass is 19.1. The molecular formula is C15H24FNO2. The van der Waals surface area contributed by atoms with Crippen molar-refractivity contribution in [2.24, 2.45) is 0 Å². The van der Waals surface area contributed by atoms with Gasteiger partial charge in [-0.05, 0) is 26.8 Å². The molecule has 108 valence electrons. The Morgan fingerprint density at radius 1 is 1.21 bits per heavy atom. The van der Waals surface area contributed by atoms with Gasteiger partial charge in [0.25, 0.3) is 0 Å². The van der Waals surface area contributed by atoms with E-state index < -0.39 is 6.17 Å². The number of halogens is 1. The Labute approximate surface area is 115 Å². The van der Waals surface area contributed by atoms with Gasteiger partial charge in [0.05, 0.1) is 6.61 Å². The number of rotatable bonds is 7. The number of alkyl halides is 1. The highest BCUT2D eigenvalue weighted by Crippen LogP contribution is 2.27. The Balaban J connectivity index is 2.64. The van der Waals surface area contributed by atoms with Crippen LogP contribution in [0.15, 0.2) is 24.3 Å². The van der Waals surface area contributed by atoms with Crippen molar-refractivity contribution in [2.45, 2.75) is 32.5 Å². The largest absolute Gasteiger partial charge is 0.491 e. The lowest BCUT2D eigenvalue weighted by Crippen LogP contribution is -2.37. The van der Waals surface area contributed by atoms with Gasteiger partial charge in [0, 0.05) is 24.8 Å². The van der Waals surface area contributed by atoms with Crippen molar-refractivity contribution in [1.29, 1.82) is 0 Å². The van der Waals surface area contributed by atoms with Gasteiger partial charge in [-0.3, -0.25) is 0 Å². The summed E-state index contributed by atoms with van der Waals surface area (Å²) in [6.45, 7) is 7.23. The quantitative estimate of drug-likeness (QED) is 0.772. The second kappa shape index (κ2) is 7.46. The van der Waals surface area contributed by atoms with Gasteiger partial charge in [-0.25, -0.2) is 4.39 Å². The number of hydrogen-bond donors (Lipinski definition) is 1. The smallest absolute Gasteiger partial charge is 0.141 e. The van der Waals surface area contributed by atoms with Crippen LogP contribution in [0.1, 0.15) is 32.5 Å². The zero-order valence-corrected chi connectivity index (χ0v) is 12.2. The molecule has 4 heteroatoms. The van der Waals surface area contributed by atoms with E-state index in [1.54, 1.807) is 19.2 Å². The number of nitrogens with one attached hydrogen (secondary N) is 1. The predicted molar refractivity (Wildman–Crippen MR) is 75.4 cm³/mol. The maximum absolute atomic E-state index is 14.3.